The Balaban J connectivity index is 2.09. The van der Waals surface area contributed by atoms with Crippen LogP contribution < -0.4 is 5.32 Å². The lowest BCUT2D eigenvalue weighted by molar-refractivity contribution is -0.245. The summed E-state index contributed by atoms with van der Waals surface area (Å²) in [7, 11) is 0. The van der Waals surface area contributed by atoms with Crippen LogP contribution in [0.2, 0.25) is 5.02 Å². The third-order valence-corrected chi connectivity index (χ3v) is 3.33. The summed E-state index contributed by atoms with van der Waals surface area (Å²) in [6.07, 6.45) is -4.89. The van der Waals surface area contributed by atoms with Gasteiger partial charge in [-0.15, -0.1) is 0 Å². The number of benzene rings is 1. The molecule has 2 rings (SSSR count). The van der Waals surface area contributed by atoms with E-state index in [0.717, 1.165) is 0 Å². The van der Waals surface area contributed by atoms with E-state index >= 15 is 0 Å². The van der Waals surface area contributed by atoms with E-state index in [1.54, 1.807) is 24.3 Å². The third kappa shape index (κ3) is 3.17. The fourth-order valence-electron chi connectivity index (χ4n) is 1.99. The molecule has 0 saturated carbocycles. The van der Waals surface area contributed by atoms with Crippen molar-refractivity contribution in [2.45, 2.75) is 30.6 Å². The average molecular weight is 290 g/mol. The van der Waals surface area contributed by atoms with Gasteiger partial charge >= 0.3 is 0 Å². The molecule has 0 radical (unpaired) electrons. The van der Waals surface area contributed by atoms with Gasteiger partial charge in [-0.2, -0.15) is 0 Å². The zero-order valence-corrected chi connectivity index (χ0v) is 10.7. The van der Waals surface area contributed by atoms with Crippen molar-refractivity contribution in [2.75, 3.05) is 11.9 Å². The molecule has 5 atom stereocenters. The van der Waals surface area contributed by atoms with Crippen LogP contribution in [0.1, 0.15) is 0 Å². The Hall–Kier alpha value is -0.890. The lowest BCUT2D eigenvalue weighted by atomic mass is 9.97. The van der Waals surface area contributed by atoms with E-state index in [4.69, 9.17) is 21.4 Å². The minimum Gasteiger partial charge on any atom is -0.394 e. The number of aliphatic hydroxyl groups excluding tert-OH is 4. The van der Waals surface area contributed by atoms with Crippen molar-refractivity contribution in [1.29, 1.82) is 0 Å². The summed E-state index contributed by atoms with van der Waals surface area (Å²) in [6.45, 7) is -0.483. The van der Waals surface area contributed by atoms with Crippen LogP contribution in [0.4, 0.5) is 5.69 Å². The van der Waals surface area contributed by atoms with Gasteiger partial charge in [0.05, 0.1) is 6.61 Å². The van der Waals surface area contributed by atoms with E-state index in [1.165, 1.54) is 0 Å². The highest BCUT2D eigenvalue weighted by molar-refractivity contribution is 6.30. The van der Waals surface area contributed by atoms with Crippen molar-refractivity contribution >= 4 is 17.3 Å². The Bertz CT molecular complexity index is 415. The summed E-state index contributed by atoms with van der Waals surface area (Å²) >= 11 is 5.75. The molecule has 1 unspecified atom stereocenters. The molecule has 1 heterocycles. The van der Waals surface area contributed by atoms with Crippen molar-refractivity contribution < 1.29 is 25.2 Å². The molecule has 1 fully saturated rings. The highest BCUT2D eigenvalue weighted by Gasteiger charge is 2.43. The summed E-state index contributed by atoms with van der Waals surface area (Å²) in [6, 6.07) is 5.75. The lowest BCUT2D eigenvalue weighted by Crippen LogP contribution is -2.61. The topological polar surface area (TPSA) is 102 Å². The zero-order chi connectivity index (χ0) is 14.0. The summed E-state index contributed by atoms with van der Waals surface area (Å²) in [5.74, 6) is 0. The van der Waals surface area contributed by atoms with Crippen LogP contribution in [0.5, 0.6) is 0 Å². The van der Waals surface area contributed by atoms with Crippen LogP contribution >= 0.6 is 11.6 Å². The fourth-order valence-corrected chi connectivity index (χ4v) is 2.12. The molecule has 0 aromatic heterocycles. The van der Waals surface area contributed by atoms with Crippen LogP contribution in [-0.4, -0.2) is 57.7 Å². The van der Waals surface area contributed by atoms with Crippen LogP contribution in [0, 0.1) is 0 Å². The smallest absolute Gasteiger partial charge is 0.178 e. The Kier molecular flexibility index (Phi) is 4.62. The number of ether oxygens (including phenoxy) is 1. The van der Waals surface area contributed by atoms with Crippen LogP contribution in [0.3, 0.4) is 0 Å². The second-order valence-electron chi connectivity index (χ2n) is 4.41. The first-order chi connectivity index (χ1) is 9.02. The highest BCUT2D eigenvalue weighted by atomic mass is 35.5. The standard InChI is InChI=1S/C12H16ClNO5/c13-6-1-3-7(4-2-6)14-9-11(17)10(16)8(5-15)19-12(9)18/h1-4,8-12,14-18H,5H2/t8-,9+,10-,11-,12?/m1/s1. The molecule has 1 aliphatic rings. The van der Waals surface area contributed by atoms with Gasteiger partial charge in [0.1, 0.15) is 24.4 Å². The van der Waals surface area contributed by atoms with Crippen molar-refractivity contribution in [3.05, 3.63) is 29.3 Å². The lowest BCUT2D eigenvalue weighted by Gasteiger charge is -2.40. The maximum atomic E-state index is 9.94. The molecule has 6 nitrogen and oxygen atoms in total. The number of rotatable bonds is 3. The van der Waals surface area contributed by atoms with Gasteiger partial charge in [0.25, 0.3) is 0 Å². The summed E-state index contributed by atoms with van der Waals surface area (Å²) in [5.41, 5.74) is 0.616. The number of anilines is 1. The Labute approximate surface area is 115 Å². The fraction of sp³-hybridized carbons (Fsp3) is 0.500. The molecule has 1 aromatic rings. The summed E-state index contributed by atoms with van der Waals surface area (Å²) < 4.78 is 5.03. The maximum Gasteiger partial charge on any atom is 0.178 e. The van der Waals surface area contributed by atoms with Gasteiger partial charge in [-0.25, -0.2) is 0 Å². The predicted octanol–water partition coefficient (Wildman–Crippen LogP) is -0.448. The predicted molar refractivity (Wildman–Crippen MR) is 68.8 cm³/mol. The van der Waals surface area contributed by atoms with Crippen molar-refractivity contribution in [1.82, 2.24) is 0 Å². The Morgan fingerprint density at radius 3 is 2.32 bits per heavy atom. The third-order valence-electron chi connectivity index (χ3n) is 3.08. The van der Waals surface area contributed by atoms with Crippen LogP contribution in [0.25, 0.3) is 0 Å². The van der Waals surface area contributed by atoms with Crippen LogP contribution in [-0.2, 0) is 4.74 Å². The van der Waals surface area contributed by atoms with Crippen LogP contribution in [0.15, 0.2) is 24.3 Å². The van der Waals surface area contributed by atoms with Crippen molar-refractivity contribution in [3.63, 3.8) is 0 Å². The molecule has 0 aliphatic carbocycles. The quantitative estimate of drug-likeness (QED) is 0.517. The van der Waals surface area contributed by atoms with Gasteiger partial charge in [0, 0.05) is 10.7 Å². The highest BCUT2D eigenvalue weighted by Crippen LogP contribution is 2.23. The largest absolute Gasteiger partial charge is 0.394 e. The van der Waals surface area contributed by atoms with Gasteiger partial charge in [-0.1, -0.05) is 11.6 Å². The van der Waals surface area contributed by atoms with Gasteiger partial charge in [0.15, 0.2) is 6.29 Å². The maximum absolute atomic E-state index is 9.94. The monoisotopic (exact) mass is 289 g/mol. The molecular weight excluding hydrogens is 274 g/mol. The molecule has 5 N–H and O–H groups in total. The second kappa shape index (κ2) is 6.04. The number of hydrogen-bond acceptors (Lipinski definition) is 6. The number of hydrogen-bond donors (Lipinski definition) is 5. The first-order valence-corrected chi connectivity index (χ1v) is 6.23. The molecule has 0 spiro atoms. The van der Waals surface area contributed by atoms with E-state index in [9.17, 15) is 15.3 Å². The normalized spacial score (nSPS) is 35.1. The first kappa shape index (κ1) is 14.5. The van der Waals surface area contributed by atoms with Crippen molar-refractivity contribution in [2.24, 2.45) is 0 Å². The van der Waals surface area contributed by atoms with E-state index in [-0.39, 0.29) is 0 Å². The van der Waals surface area contributed by atoms with E-state index in [0.29, 0.717) is 10.7 Å². The van der Waals surface area contributed by atoms with Gasteiger partial charge in [-0.3, -0.25) is 0 Å². The Morgan fingerprint density at radius 1 is 1.11 bits per heavy atom. The van der Waals surface area contributed by atoms with Gasteiger partial charge < -0.3 is 30.5 Å². The molecule has 106 valence electrons. The van der Waals surface area contributed by atoms with E-state index in [2.05, 4.69) is 5.32 Å². The first-order valence-electron chi connectivity index (χ1n) is 5.85. The zero-order valence-electron chi connectivity index (χ0n) is 9.98. The summed E-state index contributed by atoms with van der Waals surface area (Å²) in [4.78, 5) is 0. The number of nitrogens with one attached hydrogen (secondary N) is 1. The average Bonchev–Trinajstić information content (AvgIpc) is 2.41. The molecule has 0 bridgehead atoms. The minimum absolute atomic E-state index is 0.483. The van der Waals surface area contributed by atoms with Crippen molar-refractivity contribution in [3.8, 4) is 0 Å². The molecular formula is C12H16ClNO5. The SMILES string of the molecule is OC[C@H]1OC(O)[C@@H](Nc2ccc(Cl)cc2)[C@@H](O)[C@@H]1O. The van der Waals surface area contributed by atoms with E-state index in [1.807, 2.05) is 0 Å². The molecule has 1 aromatic carbocycles. The number of aliphatic hydroxyl groups is 4. The van der Waals surface area contributed by atoms with Gasteiger partial charge in [-0.05, 0) is 24.3 Å². The molecule has 19 heavy (non-hydrogen) atoms. The molecule has 0 amide bonds. The Morgan fingerprint density at radius 2 is 1.74 bits per heavy atom. The minimum atomic E-state index is -1.34. The van der Waals surface area contributed by atoms with Gasteiger partial charge in [0.2, 0.25) is 0 Å². The molecule has 1 saturated heterocycles. The molecule has 1 aliphatic heterocycles. The van der Waals surface area contributed by atoms with E-state index < -0.39 is 37.3 Å². The number of halogens is 1. The second-order valence-corrected chi connectivity index (χ2v) is 4.84. The molecule has 7 heteroatoms. The summed E-state index contributed by atoms with van der Waals surface area (Å²) in [5, 5.41) is 41.8.